The molecule has 1 saturated carbocycles. The second-order valence-corrected chi connectivity index (χ2v) is 1.57. The Kier molecular flexibility index (Phi) is 1.05. The Morgan fingerprint density at radius 3 is 2.50 bits per heavy atom. The third kappa shape index (κ3) is 0.937. The maximum absolute atomic E-state index is 4.72. The van der Waals surface area contributed by atoms with E-state index >= 15 is 0 Å². The summed E-state index contributed by atoms with van der Waals surface area (Å²) in [5.74, 6) is 0. The van der Waals surface area contributed by atoms with Gasteiger partial charge in [0.25, 0.3) is 0 Å². The van der Waals surface area contributed by atoms with Crippen LogP contribution in [0.5, 0.6) is 0 Å². The third-order valence-electron chi connectivity index (χ3n) is 0.739. The molecule has 0 aliphatic heterocycles. The summed E-state index contributed by atoms with van der Waals surface area (Å²) < 4.78 is 4.72. The van der Waals surface area contributed by atoms with E-state index in [9.17, 15) is 0 Å². The molecule has 2 heteroatoms. The quantitative estimate of drug-likeness (QED) is 0.480. The minimum atomic E-state index is 0.433. The van der Waals surface area contributed by atoms with E-state index in [1.165, 1.54) is 12.8 Å². The van der Waals surface area contributed by atoms with Gasteiger partial charge in [-0.2, -0.15) is 0 Å². The van der Waals surface area contributed by atoms with Crippen molar-refractivity contribution in [2.75, 3.05) is 0 Å². The average molecular weight is 101 g/mol. The molecule has 0 bridgehead atoms. The Labute approximate surface area is 42.3 Å². The van der Waals surface area contributed by atoms with Crippen LogP contribution in [0, 0.1) is 0 Å². The summed E-state index contributed by atoms with van der Waals surface area (Å²) in [4.78, 5) is 0. The van der Waals surface area contributed by atoms with Crippen molar-refractivity contribution in [1.82, 2.24) is 0 Å². The molecule has 6 heavy (non-hydrogen) atoms. The lowest BCUT2D eigenvalue weighted by Crippen LogP contribution is -1.84. The lowest BCUT2D eigenvalue weighted by molar-refractivity contribution is 0.312. The van der Waals surface area contributed by atoms with Crippen LogP contribution >= 0.6 is 12.2 Å². The maximum atomic E-state index is 4.72. The van der Waals surface area contributed by atoms with Gasteiger partial charge in [-0.3, -0.25) is 0 Å². The zero-order valence-electron chi connectivity index (χ0n) is 3.31. The largest absolute Gasteiger partial charge is 0.477 e. The minimum Gasteiger partial charge on any atom is -0.477 e. The highest BCUT2D eigenvalue weighted by molar-refractivity contribution is 7.78. The average Bonchev–Trinajstić information content (AvgIpc) is 2.21. The molecule has 0 aromatic carbocycles. The van der Waals surface area contributed by atoms with Gasteiger partial charge in [-0.05, 0) is 25.1 Å². The molecule has 0 amide bonds. The predicted octanol–water partition coefficient (Wildman–Crippen LogP) is 1.000. The van der Waals surface area contributed by atoms with Gasteiger partial charge in [0.15, 0.2) is 0 Å². The van der Waals surface area contributed by atoms with E-state index in [4.69, 9.17) is 4.74 Å². The second-order valence-electron chi connectivity index (χ2n) is 1.40. The Hall–Kier alpha value is -0.110. The van der Waals surface area contributed by atoms with Crippen molar-refractivity contribution in [2.24, 2.45) is 0 Å². The number of thiocarbonyl (C=S) groups is 1. The van der Waals surface area contributed by atoms with Gasteiger partial charge in [0.2, 0.25) is 5.55 Å². The van der Waals surface area contributed by atoms with Gasteiger partial charge in [0.05, 0.1) is 0 Å². The number of ether oxygens (including phenoxy) is 1. The fraction of sp³-hybridized carbons (Fsp3) is 0.750. The Morgan fingerprint density at radius 1 is 1.67 bits per heavy atom. The van der Waals surface area contributed by atoms with Gasteiger partial charge < -0.3 is 4.74 Å². The smallest absolute Gasteiger partial charge is 0.239 e. The first kappa shape index (κ1) is 4.06. The number of hydrogen-bond donors (Lipinski definition) is 0. The standard InChI is InChI=1S/C4H5OS/c6-3-5-4-1-2-4/h4H,1-2H2. The van der Waals surface area contributed by atoms with E-state index in [2.05, 4.69) is 17.8 Å². The van der Waals surface area contributed by atoms with Gasteiger partial charge in [-0.1, -0.05) is 0 Å². The molecule has 1 fully saturated rings. The Bertz CT molecular complexity index is 58.6. The molecular weight excluding hydrogens is 96.1 g/mol. The van der Waals surface area contributed by atoms with Crippen molar-refractivity contribution in [2.45, 2.75) is 18.9 Å². The molecule has 0 atom stereocenters. The molecule has 0 aromatic heterocycles. The van der Waals surface area contributed by atoms with E-state index in [0.717, 1.165) is 0 Å². The van der Waals surface area contributed by atoms with E-state index in [1.54, 1.807) is 0 Å². The highest BCUT2D eigenvalue weighted by Crippen LogP contribution is 2.22. The highest BCUT2D eigenvalue weighted by atomic mass is 32.1. The molecule has 0 aromatic rings. The van der Waals surface area contributed by atoms with Crippen LogP contribution in [0.2, 0.25) is 0 Å². The molecule has 1 nitrogen and oxygen atoms in total. The molecule has 0 spiro atoms. The van der Waals surface area contributed by atoms with Crippen LogP contribution in [0.4, 0.5) is 0 Å². The van der Waals surface area contributed by atoms with Crippen molar-refractivity contribution in [3.05, 3.63) is 0 Å². The van der Waals surface area contributed by atoms with Crippen LogP contribution in [0.25, 0.3) is 0 Å². The zero-order chi connectivity index (χ0) is 4.41. The molecule has 1 aliphatic rings. The molecular formula is C4H5OS. The summed E-state index contributed by atoms with van der Waals surface area (Å²) in [6.45, 7) is 0. The van der Waals surface area contributed by atoms with E-state index in [1.807, 2.05) is 0 Å². The summed E-state index contributed by atoms with van der Waals surface area (Å²) in [6, 6.07) is 0. The molecule has 1 aliphatic carbocycles. The lowest BCUT2D eigenvalue weighted by Gasteiger charge is -1.84. The van der Waals surface area contributed by atoms with Gasteiger partial charge in [-0.25, -0.2) is 0 Å². The van der Waals surface area contributed by atoms with Crippen LogP contribution < -0.4 is 0 Å². The first-order valence-electron chi connectivity index (χ1n) is 1.96. The minimum absolute atomic E-state index is 0.433. The van der Waals surface area contributed by atoms with E-state index in [0.29, 0.717) is 6.10 Å². The number of rotatable bonds is 2. The number of hydrogen-bond acceptors (Lipinski definition) is 2. The van der Waals surface area contributed by atoms with Crippen molar-refractivity contribution in [1.29, 1.82) is 0 Å². The predicted molar refractivity (Wildman–Crippen MR) is 26.7 cm³/mol. The van der Waals surface area contributed by atoms with Gasteiger partial charge in [0.1, 0.15) is 6.10 Å². The van der Waals surface area contributed by atoms with Gasteiger partial charge in [-0.15, -0.1) is 0 Å². The van der Waals surface area contributed by atoms with Crippen molar-refractivity contribution in [3.8, 4) is 0 Å². The van der Waals surface area contributed by atoms with Crippen LogP contribution in [0.3, 0.4) is 0 Å². The van der Waals surface area contributed by atoms with Crippen molar-refractivity contribution in [3.63, 3.8) is 0 Å². The van der Waals surface area contributed by atoms with Gasteiger partial charge in [0, 0.05) is 0 Å². The SMILES string of the molecule is S=[C]OC1CC1. The van der Waals surface area contributed by atoms with Crippen LogP contribution in [-0.2, 0) is 4.74 Å². The fourth-order valence-corrected chi connectivity index (χ4v) is 0.390. The van der Waals surface area contributed by atoms with Crippen LogP contribution in [0.15, 0.2) is 0 Å². The maximum Gasteiger partial charge on any atom is 0.239 e. The highest BCUT2D eigenvalue weighted by Gasteiger charge is 2.21. The summed E-state index contributed by atoms with van der Waals surface area (Å²) >= 11 is 4.30. The molecule has 0 N–H and O–H groups in total. The third-order valence-corrected chi connectivity index (χ3v) is 0.835. The first-order valence-corrected chi connectivity index (χ1v) is 2.37. The summed E-state index contributed by atoms with van der Waals surface area (Å²) in [7, 11) is 0. The zero-order valence-corrected chi connectivity index (χ0v) is 4.12. The van der Waals surface area contributed by atoms with Crippen LogP contribution in [0.1, 0.15) is 12.8 Å². The van der Waals surface area contributed by atoms with Gasteiger partial charge >= 0.3 is 0 Å². The monoisotopic (exact) mass is 101 g/mol. The topological polar surface area (TPSA) is 9.23 Å². The first-order chi connectivity index (χ1) is 2.93. The fourth-order valence-electron chi connectivity index (χ4n) is 0.254. The normalized spacial score (nSPS) is 20.0. The second kappa shape index (κ2) is 1.56. The summed E-state index contributed by atoms with van der Waals surface area (Å²) in [6.07, 6.45) is 2.77. The molecule has 1 radical (unpaired) electrons. The molecule has 33 valence electrons. The summed E-state index contributed by atoms with van der Waals surface area (Å²) in [5.41, 5.74) is 2.21. The Balaban J connectivity index is 2.00. The van der Waals surface area contributed by atoms with E-state index in [-0.39, 0.29) is 0 Å². The summed E-state index contributed by atoms with van der Waals surface area (Å²) in [5, 5.41) is 0. The Morgan fingerprint density at radius 2 is 2.33 bits per heavy atom. The van der Waals surface area contributed by atoms with Crippen molar-refractivity contribution < 1.29 is 4.74 Å². The molecule has 0 unspecified atom stereocenters. The lowest BCUT2D eigenvalue weighted by atomic mass is 10.9. The van der Waals surface area contributed by atoms with Crippen LogP contribution in [-0.4, -0.2) is 11.7 Å². The van der Waals surface area contributed by atoms with E-state index < -0.39 is 0 Å². The molecule has 0 heterocycles. The van der Waals surface area contributed by atoms with Crippen molar-refractivity contribution >= 4 is 17.8 Å². The molecule has 1 rings (SSSR count). The molecule has 0 saturated heterocycles.